The van der Waals surface area contributed by atoms with E-state index in [9.17, 15) is 0 Å². The van der Waals surface area contributed by atoms with Crippen LogP contribution < -0.4 is 20.3 Å². The standard InChI is InChI=1S/C22H23N5OS/c1-28-20-13-19(27-12-11-17-9-5-6-10-18(17)15-27)24-21(25-20)26-22(29)23-14-16-7-3-2-4-8-16/h2-10,13H,11-12,14-15H2,1H3,(H2,23,24,25,26,29). The molecule has 1 aromatic heterocycles. The van der Waals surface area contributed by atoms with E-state index in [0.717, 1.165) is 30.9 Å². The number of hydrogen-bond acceptors (Lipinski definition) is 5. The number of anilines is 2. The zero-order valence-electron chi connectivity index (χ0n) is 16.3. The molecule has 0 saturated heterocycles. The Balaban J connectivity index is 1.46. The number of nitrogens with zero attached hydrogens (tertiary/aromatic N) is 3. The average molecular weight is 406 g/mol. The third-order valence-corrected chi connectivity index (χ3v) is 5.12. The van der Waals surface area contributed by atoms with Crippen molar-refractivity contribution in [3.05, 3.63) is 77.4 Å². The number of hydrogen-bond donors (Lipinski definition) is 2. The lowest BCUT2D eigenvalue weighted by atomic mass is 10.00. The first kappa shape index (κ1) is 19.1. The van der Waals surface area contributed by atoms with Crippen molar-refractivity contribution < 1.29 is 4.74 Å². The molecule has 2 N–H and O–H groups in total. The first-order valence-corrected chi connectivity index (χ1v) is 9.95. The van der Waals surface area contributed by atoms with E-state index in [1.165, 1.54) is 11.1 Å². The van der Waals surface area contributed by atoms with Gasteiger partial charge in [-0.2, -0.15) is 9.97 Å². The first-order chi connectivity index (χ1) is 14.2. The van der Waals surface area contributed by atoms with Crippen LogP contribution in [0.3, 0.4) is 0 Å². The number of ether oxygens (including phenoxy) is 1. The van der Waals surface area contributed by atoms with E-state index < -0.39 is 0 Å². The van der Waals surface area contributed by atoms with Crippen LogP contribution in [0.4, 0.5) is 11.8 Å². The quantitative estimate of drug-likeness (QED) is 0.630. The highest BCUT2D eigenvalue weighted by molar-refractivity contribution is 7.80. The summed E-state index contributed by atoms with van der Waals surface area (Å²) in [6.07, 6.45) is 0.988. The summed E-state index contributed by atoms with van der Waals surface area (Å²) in [5, 5.41) is 6.73. The van der Waals surface area contributed by atoms with Crippen molar-refractivity contribution in [2.24, 2.45) is 0 Å². The minimum absolute atomic E-state index is 0.420. The Bertz CT molecular complexity index is 996. The first-order valence-electron chi connectivity index (χ1n) is 9.55. The highest BCUT2D eigenvalue weighted by Crippen LogP contribution is 2.26. The van der Waals surface area contributed by atoms with Gasteiger partial charge in [0, 0.05) is 25.7 Å². The summed E-state index contributed by atoms with van der Waals surface area (Å²) < 4.78 is 5.39. The SMILES string of the molecule is COc1cc(N2CCc3ccccc3C2)nc(NC(=S)NCc2ccccc2)n1. The van der Waals surface area contributed by atoms with Gasteiger partial charge in [-0.05, 0) is 35.3 Å². The number of thiocarbonyl (C=S) groups is 1. The summed E-state index contributed by atoms with van der Waals surface area (Å²) in [5.41, 5.74) is 3.87. The summed E-state index contributed by atoms with van der Waals surface area (Å²) in [6, 6.07) is 20.5. The van der Waals surface area contributed by atoms with E-state index in [4.69, 9.17) is 17.0 Å². The number of rotatable bonds is 5. The molecule has 0 saturated carbocycles. The maximum atomic E-state index is 5.41. The van der Waals surface area contributed by atoms with Gasteiger partial charge in [0.05, 0.1) is 7.11 Å². The number of nitrogens with one attached hydrogen (secondary N) is 2. The van der Waals surface area contributed by atoms with Crippen LogP contribution >= 0.6 is 12.2 Å². The van der Waals surface area contributed by atoms with Gasteiger partial charge in [-0.15, -0.1) is 0 Å². The van der Waals surface area contributed by atoms with Gasteiger partial charge in [0.2, 0.25) is 11.8 Å². The Hall–Kier alpha value is -3.19. The fourth-order valence-electron chi connectivity index (χ4n) is 3.35. The van der Waals surface area contributed by atoms with Crippen LogP contribution in [0, 0.1) is 0 Å². The zero-order valence-corrected chi connectivity index (χ0v) is 17.1. The molecule has 2 heterocycles. The molecule has 0 bridgehead atoms. The van der Waals surface area contributed by atoms with Crippen LogP contribution in [-0.2, 0) is 19.5 Å². The predicted molar refractivity (Wildman–Crippen MR) is 119 cm³/mol. The van der Waals surface area contributed by atoms with E-state index >= 15 is 0 Å². The van der Waals surface area contributed by atoms with Crippen molar-refractivity contribution in [3.63, 3.8) is 0 Å². The molecule has 7 heteroatoms. The molecule has 0 fully saturated rings. The third kappa shape index (κ3) is 4.81. The highest BCUT2D eigenvalue weighted by atomic mass is 32.1. The van der Waals surface area contributed by atoms with Crippen LogP contribution in [0.25, 0.3) is 0 Å². The highest BCUT2D eigenvalue weighted by Gasteiger charge is 2.19. The van der Waals surface area contributed by atoms with Crippen molar-refractivity contribution in [1.29, 1.82) is 0 Å². The molecule has 0 atom stereocenters. The molecule has 0 spiro atoms. The van der Waals surface area contributed by atoms with Gasteiger partial charge >= 0.3 is 0 Å². The second-order valence-electron chi connectivity index (χ2n) is 6.83. The fraction of sp³-hybridized carbons (Fsp3) is 0.227. The van der Waals surface area contributed by atoms with Crippen molar-refractivity contribution in [3.8, 4) is 5.88 Å². The molecule has 1 aliphatic rings. The number of benzene rings is 2. The monoisotopic (exact) mass is 405 g/mol. The van der Waals surface area contributed by atoms with E-state index in [1.54, 1.807) is 7.11 Å². The van der Waals surface area contributed by atoms with Gasteiger partial charge in [-0.1, -0.05) is 54.6 Å². The predicted octanol–water partition coefficient (Wildman–Crippen LogP) is 3.53. The average Bonchev–Trinajstić information content (AvgIpc) is 2.78. The smallest absolute Gasteiger partial charge is 0.234 e. The molecule has 148 valence electrons. The van der Waals surface area contributed by atoms with Crippen LogP contribution in [0.2, 0.25) is 0 Å². The normalized spacial score (nSPS) is 12.8. The maximum absolute atomic E-state index is 5.41. The number of fused-ring (bicyclic) bond motifs is 1. The van der Waals surface area contributed by atoms with Gasteiger partial charge in [0.15, 0.2) is 5.11 Å². The summed E-state index contributed by atoms with van der Waals surface area (Å²) in [4.78, 5) is 11.3. The largest absolute Gasteiger partial charge is 0.481 e. The number of methoxy groups -OCH3 is 1. The van der Waals surface area contributed by atoms with Crippen molar-refractivity contribution in [2.75, 3.05) is 23.9 Å². The molecule has 0 aliphatic carbocycles. The molecule has 0 amide bonds. The Morgan fingerprint density at radius 1 is 1.07 bits per heavy atom. The van der Waals surface area contributed by atoms with Gasteiger partial charge in [0.1, 0.15) is 5.82 Å². The fourth-order valence-corrected chi connectivity index (χ4v) is 3.51. The molecule has 4 rings (SSSR count). The third-order valence-electron chi connectivity index (χ3n) is 4.87. The van der Waals surface area contributed by atoms with Crippen molar-refractivity contribution in [2.45, 2.75) is 19.5 Å². The van der Waals surface area contributed by atoms with Gasteiger partial charge in [-0.3, -0.25) is 0 Å². The maximum Gasteiger partial charge on any atom is 0.234 e. The van der Waals surface area contributed by atoms with Crippen LogP contribution in [-0.4, -0.2) is 28.7 Å². The molecular weight excluding hydrogens is 382 g/mol. The second kappa shape index (κ2) is 8.87. The molecule has 29 heavy (non-hydrogen) atoms. The summed E-state index contributed by atoms with van der Waals surface area (Å²) in [6.45, 7) is 2.34. The molecule has 3 aromatic rings. The van der Waals surface area contributed by atoms with Crippen LogP contribution in [0.15, 0.2) is 60.7 Å². The molecule has 6 nitrogen and oxygen atoms in total. The van der Waals surface area contributed by atoms with Crippen LogP contribution in [0.5, 0.6) is 5.88 Å². The van der Waals surface area contributed by atoms with E-state index in [1.807, 2.05) is 36.4 Å². The summed E-state index contributed by atoms with van der Waals surface area (Å²) >= 11 is 5.41. The Kier molecular flexibility index (Phi) is 5.86. The molecule has 2 aromatic carbocycles. The Morgan fingerprint density at radius 3 is 2.62 bits per heavy atom. The van der Waals surface area contributed by atoms with Crippen molar-refractivity contribution in [1.82, 2.24) is 15.3 Å². The van der Waals surface area contributed by atoms with Crippen molar-refractivity contribution >= 4 is 29.1 Å². The van der Waals surface area contributed by atoms with E-state index in [-0.39, 0.29) is 0 Å². The van der Waals surface area contributed by atoms with Crippen LogP contribution in [0.1, 0.15) is 16.7 Å². The molecule has 0 radical (unpaired) electrons. The minimum Gasteiger partial charge on any atom is -0.481 e. The second-order valence-corrected chi connectivity index (χ2v) is 7.23. The lowest BCUT2D eigenvalue weighted by Crippen LogP contribution is -2.32. The lowest BCUT2D eigenvalue weighted by Gasteiger charge is -2.30. The van der Waals surface area contributed by atoms with Gasteiger partial charge < -0.3 is 20.3 Å². The zero-order chi connectivity index (χ0) is 20.1. The molecular formula is C22H23N5OS. The summed E-state index contributed by atoms with van der Waals surface area (Å²) in [7, 11) is 1.60. The Labute approximate surface area is 176 Å². The Morgan fingerprint density at radius 2 is 1.83 bits per heavy atom. The summed E-state index contributed by atoms with van der Waals surface area (Å²) in [5.74, 6) is 1.74. The molecule has 0 unspecified atom stereocenters. The van der Waals surface area contributed by atoms with E-state index in [0.29, 0.717) is 23.5 Å². The lowest BCUT2D eigenvalue weighted by molar-refractivity contribution is 0.397. The topological polar surface area (TPSA) is 62.3 Å². The van der Waals surface area contributed by atoms with E-state index in [2.05, 4.69) is 49.8 Å². The molecule has 1 aliphatic heterocycles. The number of aromatic nitrogens is 2. The van der Waals surface area contributed by atoms with Gasteiger partial charge in [0.25, 0.3) is 0 Å². The van der Waals surface area contributed by atoms with Gasteiger partial charge in [-0.25, -0.2) is 0 Å². The minimum atomic E-state index is 0.420.